The van der Waals surface area contributed by atoms with Gasteiger partial charge in [0.2, 0.25) is 5.91 Å². The monoisotopic (exact) mass is 456 g/mol. The summed E-state index contributed by atoms with van der Waals surface area (Å²) in [4.78, 5) is 13.1. The van der Waals surface area contributed by atoms with Gasteiger partial charge in [-0.3, -0.25) is 9.10 Å². The van der Waals surface area contributed by atoms with Gasteiger partial charge in [0.25, 0.3) is 10.0 Å². The van der Waals surface area contributed by atoms with Crippen LogP contribution in [-0.2, 0) is 14.8 Å². The number of para-hydroxylation sites is 1. The van der Waals surface area contributed by atoms with Crippen molar-refractivity contribution in [1.29, 1.82) is 0 Å². The van der Waals surface area contributed by atoms with Crippen molar-refractivity contribution < 1.29 is 13.2 Å². The van der Waals surface area contributed by atoms with Crippen molar-refractivity contribution in [2.24, 2.45) is 0 Å². The number of nitrogens with zero attached hydrogens (tertiary/aromatic N) is 1. The maximum Gasteiger partial charge on any atom is 0.264 e. The molecule has 1 atom stereocenters. The maximum absolute atomic E-state index is 13.4. The van der Waals surface area contributed by atoms with E-state index < -0.39 is 15.9 Å². The molecule has 1 N–H and O–H groups in total. The summed E-state index contributed by atoms with van der Waals surface area (Å²) < 4.78 is 27.8. The van der Waals surface area contributed by atoms with E-state index in [9.17, 15) is 13.2 Å². The van der Waals surface area contributed by atoms with Crippen LogP contribution in [-0.4, -0.2) is 20.9 Å². The summed E-state index contributed by atoms with van der Waals surface area (Å²) in [7, 11) is -4.00. The molecule has 0 aromatic heterocycles. The largest absolute Gasteiger partial charge is 0.348 e. The van der Waals surface area contributed by atoms with Crippen LogP contribution >= 0.6 is 11.6 Å². The number of sulfonamides is 1. The minimum atomic E-state index is -4.00. The Labute approximate surface area is 188 Å². The van der Waals surface area contributed by atoms with Crippen LogP contribution in [0.4, 0.5) is 5.69 Å². The molecule has 1 amide bonds. The first-order valence-electron chi connectivity index (χ1n) is 10.0. The predicted octanol–water partition coefficient (Wildman–Crippen LogP) is 5.11. The lowest BCUT2D eigenvalue weighted by molar-refractivity contribution is -0.120. The van der Waals surface area contributed by atoms with E-state index in [-0.39, 0.29) is 28.2 Å². The number of nitrogens with one attached hydrogen (secondary N) is 1. The number of carbonyl (C=O) groups is 1. The number of carbonyl (C=O) groups excluding carboxylic acids is 1. The molecule has 0 saturated carbocycles. The molecule has 0 aliphatic heterocycles. The second-order valence-electron chi connectivity index (χ2n) is 7.22. The van der Waals surface area contributed by atoms with Gasteiger partial charge in [-0.2, -0.15) is 0 Å². The van der Waals surface area contributed by atoms with Gasteiger partial charge < -0.3 is 5.32 Å². The smallest absolute Gasteiger partial charge is 0.264 e. The standard InChI is InChI=1S/C24H25ClN2O3S/c1-3-22(19-15-13-18(2)14-16-19)26-24(28)17-27(23-12-8-7-11-21(23)25)31(29,30)20-9-5-4-6-10-20/h4-16,22H,3,17H2,1-2H3,(H,26,28)/t22-/m1/s1. The highest BCUT2D eigenvalue weighted by molar-refractivity contribution is 7.92. The number of aryl methyl sites for hydroxylation is 1. The van der Waals surface area contributed by atoms with Crippen molar-refractivity contribution in [3.63, 3.8) is 0 Å². The van der Waals surface area contributed by atoms with Crippen molar-refractivity contribution in [2.45, 2.75) is 31.2 Å². The van der Waals surface area contributed by atoms with Crippen molar-refractivity contribution in [3.8, 4) is 0 Å². The van der Waals surface area contributed by atoms with Gasteiger partial charge in [-0.15, -0.1) is 0 Å². The molecular formula is C24H25ClN2O3S. The molecular weight excluding hydrogens is 432 g/mol. The molecule has 0 aliphatic rings. The van der Waals surface area contributed by atoms with Crippen LogP contribution in [0.2, 0.25) is 5.02 Å². The van der Waals surface area contributed by atoms with Crippen LogP contribution in [0.5, 0.6) is 0 Å². The second kappa shape index (κ2) is 9.98. The first-order valence-corrected chi connectivity index (χ1v) is 11.8. The molecule has 0 radical (unpaired) electrons. The summed E-state index contributed by atoms with van der Waals surface area (Å²) in [6.07, 6.45) is 0.673. The fraction of sp³-hybridized carbons (Fsp3) is 0.208. The first-order chi connectivity index (χ1) is 14.8. The Morgan fingerprint density at radius 3 is 2.19 bits per heavy atom. The Morgan fingerprint density at radius 1 is 0.968 bits per heavy atom. The van der Waals surface area contributed by atoms with Gasteiger partial charge in [0.1, 0.15) is 6.54 Å². The third kappa shape index (κ3) is 5.46. The highest BCUT2D eigenvalue weighted by Gasteiger charge is 2.29. The fourth-order valence-electron chi connectivity index (χ4n) is 3.26. The molecule has 31 heavy (non-hydrogen) atoms. The van der Waals surface area contributed by atoms with Crippen LogP contribution in [0.15, 0.2) is 83.8 Å². The molecule has 0 heterocycles. The van der Waals surface area contributed by atoms with E-state index in [0.29, 0.717) is 6.42 Å². The molecule has 0 aliphatic carbocycles. The topological polar surface area (TPSA) is 66.5 Å². The predicted molar refractivity (Wildman–Crippen MR) is 125 cm³/mol. The highest BCUT2D eigenvalue weighted by Crippen LogP contribution is 2.30. The zero-order valence-corrected chi connectivity index (χ0v) is 19.0. The Morgan fingerprint density at radius 2 is 1.58 bits per heavy atom. The van der Waals surface area contributed by atoms with E-state index in [1.165, 1.54) is 12.1 Å². The van der Waals surface area contributed by atoms with Crippen molar-refractivity contribution in [3.05, 3.63) is 95.0 Å². The Kier molecular flexibility index (Phi) is 7.36. The van der Waals surface area contributed by atoms with E-state index in [1.54, 1.807) is 42.5 Å². The molecule has 0 saturated heterocycles. The number of anilines is 1. The number of hydrogen-bond acceptors (Lipinski definition) is 3. The third-order valence-electron chi connectivity index (χ3n) is 4.96. The zero-order chi connectivity index (χ0) is 22.4. The van der Waals surface area contributed by atoms with E-state index in [1.807, 2.05) is 38.1 Å². The van der Waals surface area contributed by atoms with Crippen molar-refractivity contribution >= 4 is 33.2 Å². The van der Waals surface area contributed by atoms with E-state index in [4.69, 9.17) is 11.6 Å². The highest BCUT2D eigenvalue weighted by atomic mass is 35.5. The molecule has 3 aromatic carbocycles. The number of halogens is 1. The summed E-state index contributed by atoms with van der Waals surface area (Å²) in [6, 6.07) is 22.3. The van der Waals surface area contributed by atoms with Crippen LogP contribution in [0, 0.1) is 6.92 Å². The lowest BCUT2D eigenvalue weighted by Crippen LogP contribution is -2.42. The Hall–Kier alpha value is -2.83. The van der Waals surface area contributed by atoms with E-state index in [0.717, 1.165) is 15.4 Å². The molecule has 0 fully saturated rings. The quantitative estimate of drug-likeness (QED) is 0.512. The molecule has 0 bridgehead atoms. The van der Waals surface area contributed by atoms with Gasteiger partial charge in [-0.1, -0.05) is 78.7 Å². The SMILES string of the molecule is CC[C@@H](NC(=O)CN(c1ccccc1Cl)S(=O)(=O)c1ccccc1)c1ccc(C)cc1. The summed E-state index contributed by atoms with van der Waals surface area (Å²) in [5.74, 6) is -0.410. The van der Waals surface area contributed by atoms with Crippen LogP contribution in [0.25, 0.3) is 0 Å². The van der Waals surface area contributed by atoms with Gasteiger partial charge in [-0.05, 0) is 43.2 Å². The van der Waals surface area contributed by atoms with Gasteiger partial charge in [-0.25, -0.2) is 8.42 Å². The molecule has 3 aromatic rings. The number of amides is 1. The summed E-state index contributed by atoms with van der Waals surface area (Å²) in [6.45, 7) is 3.58. The summed E-state index contributed by atoms with van der Waals surface area (Å²) in [5, 5.41) is 3.21. The van der Waals surface area contributed by atoms with E-state index in [2.05, 4.69) is 5.32 Å². The molecule has 0 unspecified atom stereocenters. The number of hydrogen-bond donors (Lipinski definition) is 1. The average Bonchev–Trinajstić information content (AvgIpc) is 2.77. The van der Waals surface area contributed by atoms with Crippen LogP contribution in [0.3, 0.4) is 0 Å². The van der Waals surface area contributed by atoms with Gasteiger partial charge >= 0.3 is 0 Å². The average molecular weight is 457 g/mol. The van der Waals surface area contributed by atoms with Gasteiger partial charge in [0.15, 0.2) is 0 Å². The van der Waals surface area contributed by atoms with Crippen molar-refractivity contribution in [2.75, 3.05) is 10.8 Å². The minimum absolute atomic E-state index is 0.0910. The fourth-order valence-corrected chi connectivity index (χ4v) is 5.01. The summed E-state index contributed by atoms with van der Waals surface area (Å²) >= 11 is 6.30. The molecule has 3 rings (SSSR count). The number of rotatable bonds is 8. The second-order valence-corrected chi connectivity index (χ2v) is 9.48. The lowest BCUT2D eigenvalue weighted by atomic mass is 10.0. The van der Waals surface area contributed by atoms with Crippen LogP contribution < -0.4 is 9.62 Å². The lowest BCUT2D eigenvalue weighted by Gasteiger charge is -2.26. The van der Waals surface area contributed by atoms with Gasteiger partial charge in [0.05, 0.1) is 21.6 Å². The van der Waals surface area contributed by atoms with E-state index >= 15 is 0 Å². The number of benzene rings is 3. The molecule has 5 nitrogen and oxygen atoms in total. The maximum atomic E-state index is 13.4. The first kappa shape index (κ1) is 22.8. The summed E-state index contributed by atoms with van der Waals surface area (Å²) in [5.41, 5.74) is 2.35. The Bertz CT molecular complexity index is 1130. The molecule has 7 heteroatoms. The Balaban J connectivity index is 1.91. The van der Waals surface area contributed by atoms with Gasteiger partial charge in [0, 0.05) is 0 Å². The minimum Gasteiger partial charge on any atom is -0.348 e. The third-order valence-corrected chi connectivity index (χ3v) is 7.06. The van der Waals surface area contributed by atoms with Crippen LogP contribution in [0.1, 0.15) is 30.5 Å². The zero-order valence-electron chi connectivity index (χ0n) is 17.5. The molecule has 162 valence electrons. The normalized spacial score (nSPS) is 12.2. The molecule has 0 spiro atoms. The van der Waals surface area contributed by atoms with Crippen molar-refractivity contribution in [1.82, 2.24) is 5.32 Å².